The van der Waals surface area contributed by atoms with Gasteiger partial charge in [-0.05, 0) is 58.0 Å². The topological polar surface area (TPSA) is 56.8 Å². The number of halogens is 5. The summed E-state index contributed by atoms with van der Waals surface area (Å²) < 4.78 is 83.4. The first-order chi connectivity index (χ1) is 14.8. The van der Waals surface area contributed by atoms with Crippen LogP contribution in [0, 0.1) is 5.82 Å². The number of rotatable bonds is 11. The number of ether oxygens (including phenoxy) is 1. The van der Waals surface area contributed by atoms with E-state index in [1.807, 2.05) is 0 Å². The Morgan fingerprint density at radius 2 is 1.50 bits per heavy atom. The highest BCUT2D eigenvalue weighted by atomic mass is 35.5. The highest BCUT2D eigenvalue weighted by Crippen LogP contribution is 2.62. The van der Waals surface area contributed by atoms with Gasteiger partial charge in [0.1, 0.15) is 11.6 Å². The fraction of sp³-hybridized carbons (Fsp3) is 0.429. The van der Waals surface area contributed by atoms with Gasteiger partial charge in [0.25, 0.3) is 5.63 Å². The van der Waals surface area contributed by atoms with E-state index in [4.69, 9.17) is 20.6 Å². The molecule has 0 aromatic heterocycles. The largest absolute Gasteiger partial charge is 0.444 e. The SMILES string of the molecule is CC(C)OP(=O)(OC(C)C)C(Nc1ccc(OC(F)(F)C(F)Cl)cc1)c1ccccc1F. The first kappa shape index (κ1) is 26.5. The van der Waals surface area contributed by atoms with Crippen LogP contribution < -0.4 is 10.1 Å². The fourth-order valence-electron chi connectivity index (χ4n) is 2.74. The van der Waals surface area contributed by atoms with Crippen molar-refractivity contribution < 1.29 is 35.9 Å². The standard InChI is InChI=1S/C21H25ClF4NO4P/c1-13(2)30-32(28,31-14(3)4)19(17-7-5-6-8-18(17)23)27-15-9-11-16(12-10-15)29-21(25,26)20(22)24/h5-14,19-20,27H,1-4H3. The van der Waals surface area contributed by atoms with Crippen molar-refractivity contribution in [1.82, 2.24) is 0 Å². The van der Waals surface area contributed by atoms with Gasteiger partial charge in [0.05, 0.1) is 12.2 Å². The highest BCUT2D eigenvalue weighted by Gasteiger charge is 2.42. The molecule has 1 N–H and O–H groups in total. The number of hydrogen-bond acceptors (Lipinski definition) is 5. The Bertz CT molecular complexity index is 914. The zero-order chi connectivity index (χ0) is 24.1. The van der Waals surface area contributed by atoms with Crippen LogP contribution >= 0.6 is 19.2 Å². The molecule has 2 rings (SSSR count). The number of nitrogens with one attached hydrogen (secondary N) is 1. The van der Waals surface area contributed by atoms with Gasteiger partial charge in [-0.15, -0.1) is 0 Å². The minimum atomic E-state index is -4.22. The molecule has 2 aromatic rings. The second-order valence-electron chi connectivity index (χ2n) is 7.41. The summed E-state index contributed by atoms with van der Waals surface area (Å²) in [6.45, 7) is 6.65. The monoisotopic (exact) mass is 497 g/mol. The van der Waals surface area contributed by atoms with Crippen molar-refractivity contribution >= 4 is 24.9 Å². The molecule has 2 unspecified atom stereocenters. The lowest BCUT2D eigenvalue weighted by Gasteiger charge is -2.31. The third kappa shape index (κ3) is 7.10. The Morgan fingerprint density at radius 3 is 1.97 bits per heavy atom. The summed E-state index contributed by atoms with van der Waals surface area (Å²) in [5, 5.41) is 2.90. The lowest BCUT2D eigenvalue weighted by Crippen LogP contribution is -2.32. The average Bonchev–Trinajstić information content (AvgIpc) is 2.66. The maximum absolute atomic E-state index is 14.6. The zero-order valence-corrected chi connectivity index (χ0v) is 19.5. The van der Waals surface area contributed by atoms with Crippen LogP contribution in [0.15, 0.2) is 48.5 Å². The van der Waals surface area contributed by atoms with Crippen molar-refractivity contribution in [2.75, 3.05) is 5.32 Å². The smallest absolute Gasteiger partial charge is 0.429 e. The summed E-state index contributed by atoms with van der Waals surface area (Å²) in [6.07, 6.45) is -5.23. The van der Waals surface area contributed by atoms with Crippen molar-refractivity contribution in [3.05, 3.63) is 59.9 Å². The van der Waals surface area contributed by atoms with Crippen molar-refractivity contribution in [2.24, 2.45) is 0 Å². The predicted octanol–water partition coefficient (Wildman–Crippen LogP) is 7.49. The van der Waals surface area contributed by atoms with E-state index in [0.717, 1.165) is 12.1 Å². The van der Waals surface area contributed by atoms with Crippen LogP contribution in [-0.2, 0) is 13.6 Å². The Hall–Kier alpha value is -1.80. The maximum Gasteiger partial charge on any atom is 0.444 e. The van der Waals surface area contributed by atoms with Crippen LogP contribution in [0.4, 0.5) is 23.2 Å². The third-order valence-corrected chi connectivity index (χ3v) is 6.62. The molecule has 0 radical (unpaired) electrons. The Labute approximate surface area is 189 Å². The lowest BCUT2D eigenvalue weighted by atomic mass is 10.2. The van der Waals surface area contributed by atoms with E-state index in [9.17, 15) is 22.1 Å². The summed E-state index contributed by atoms with van der Waals surface area (Å²) in [6, 6.07) is 10.6. The molecule has 32 heavy (non-hydrogen) atoms. The minimum absolute atomic E-state index is 0.0337. The molecular formula is C21H25ClF4NO4P. The summed E-state index contributed by atoms with van der Waals surface area (Å²) in [5.74, 6) is -2.24. The molecule has 0 aliphatic carbocycles. The van der Waals surface area contributed by atoms with Gasteiger partial charge in [-0.1, -0.05) is 29.8 Å². The first-order valence-electron chi connectivity index (χ1n) is 9.76. The van der Waals surface area contributed by atoms with E-state index in [1.165, 1.54) is 30.3 Å². The molecule has 0 heterocycles. The average molecular weight is 498 g/mol. The Balaban J connectivity index is 2.41. The van der Waals surface area contributed by atoms with Gasteiger partial charge in [-0.2, -0.15) is 8.78 Å². The Kier molecular flexibility index (Phi) is 8.99. The lowest BCUT2D eigenvalue weighted by molar-refractivity contribution is -0.199. The van der Waals surface area contributed by atoms with Crippen molar-refractivity contribution in [3.8, 4) is 5.75 Å². The van der Waals surface area contributed by atoms with Gasteiger partial charge in [0, 0.05) is 11.3 Å². The summed E-state index contributed by atoms with van der Waals surface area (Å²) in [7, 11) is -3.98. The van der Waals surface area contributed by atoms with Crippen molar-refractivity contribution in [3.63, 3.8) is 0 Å². The second-order valence-corrected chi connectivity index (χ2v) is 9.81. The van der Waals surface area contributed by atoms with E-state index in [0.29, 0.717) is 0 Å². The molecule has 0 aliphatic heterocycles. The Morgan fingerprint density at radius 1 is 0.969 bits per heavy atom. The molecule has 2 atom stereocenters. The molecule has 0 saturated heterocycles. The molecule has 5 nitrogen and oxygen atoms in total. The van der Waals surface area contributed by atoms with Gasteiger partial charge in [0.15, 0.2) is 5.78 Å². The van der Waals surface area contributed by atoms with Gasteiger partial charge in [-0.3, -0.25) is 4.57 Å². The van der Waals surface area contributed by atoms with Gasteiger partial charge < -0.3 is 19.1 Å². The molecule has 0 spiro atoms. The number of benzene rings is 2. The molecule has 11 heteroatoms. The minimum Gasteiger partial charge on any atom is -0.429 e. The second kappa shape index (κ2) is 10.9. The normalized spacial score (nSPS) is 14.5. The van der Waals surface area contributed by atoms with Crippen LogP contribution in [0.1, 0.15) is 39.0 Å². The number of hydrogen-bond donors (Lipinski definition) is 1. The number of alkyl halides is 4. The molecule has 0 saturated carbocycles. The van der Waals surface area contributed by atoms with Crippen LogP contribution in [-0.4, -0.2) is 23.9 Å². The van der Waals surface area contributed by atoms with Gasteiger partial charge in [-0.25, -0.2) is 8.78 Å². The predicted molar refractivity (Wildman–Crippen MR) is 116 cm³/mol. The summed E-state index contributed by atoms with van der Waals surface area (Å²) in [5.41, 5.74) is -2.72. The molecule has 2 aromatic carbocycles. The first-order valence-corrected chi connectivity index (χ1v) is 11.8. The highest BCUT2D eigenvalue weighted by molar-refractivity contribution is 7.54. The van der Waals surface area contributed by atoms with Crippen molar-refractivity contribution in [2.45, 2.75) is 57.4 Å². The van der Waals surface area contributed by atoms with E-state index in [1.54, 1.807) is 33.8 Å². The zero-order valence-electron chi connectivity index (χ0n) is 17.9. The van der Waals surface area contributed by atoms with E-state index in [-0.39, 0.29) is 17.0 Å². The van der Waals surface area contributed by atoms with Crippen LogP contribution in [0.3, 0.4) is 0 Å². The third-order valence-electron chi connectivity index (χ3n) is 3.90. The van der Waals surface area contributed by atoms with Gasteiger partial charge >= 0.3 is 13.7 Å². The van der Waals surface area contributed by atoms with Gasteiger partial charge in [0.2, 0.25) is 0 Å². The fourth-order valence-corrected chi connectivity index (χ4v) is 5.11. The summed E-state index contributed by atoms with van der Waals surface area (Å²) >= 11 is 4.79. The number of anilines is 1. The van der Waals surface area contributed by atoms with E-state index < -0.39 is 43.1 Å². The maximum atomic E-state index is 14.6. The van der Waals surface area contributed by atoms with E-state index in [2.05, 4.69) is 10.1 Å². The molecular weight excluding hydrogens is 473 g/mol. The molecule has 178 valence electrons. The van der Waals surface area contributed by atoms with E-state index >= 15 is 0 Å². The molecule has 0 fully saturated rings. The molecule has 0 aliphatic rings. The molecule has 0 bridgehead atoms. The van der Waals surface area contributed by atoms with Crippen molar-refractivity contribution in [1.29, 1.82) is 0 Å². The van der Waals surface area contributed by atoms with Crippen LogP contribution in [0.25, 0.3) is 0 Å². The summed E-state index contributed by atoms with van der Waals surface area (Å²) in [4.78, 5) is 0. The molecule has 0 amide bonds. The van der Waals surface area contributed by atoms with Crippen LogP contribution in [0.2, 0.25) is 0 Å². The van der Waals surface area contributed by atoms with Crippen LogP contribution in [0.5, 0.6) is 5.75 Å². The quantitative estimate of drug-likeness (QED) is 0.198.